The van der Waals surface area contributed by atoms with E-state index in [0.29, 0.717) is 12.5 Å². The number of carbonyl (C=O) groups excluding carboxylic acids is 1. The van der Waals surface area contributed by atoms with Crippen molar-refractivity contribution in [3.05, 3.63) is 0 Å². The molecule has 0 spiro atoms. The fourth-order valence-corrected chi connectivity index (χ4v) is 2.55. The monoisotopic (exact) mass is 241 g/mol. The zero-order chi connectivity index (χ0) is 12.3. The number of aliphatic hydroxyl groups excluding tert-OH is 1. The molecule has 0 bridgehead atoms. The number of nitrogens with zero attached hydrogens (tertiary/aromatic N) is 3. The summed E-state index contributed by atoms with van der Waals surface area (Å²) >= 11 is 0. The highest BCUT2D eigenvalue weighted by molar-refractivity contribution is 5.78. The van der Waals surface area contributed by atoms with Gasteiger partial charge in [-0.1, -0.05) is 0 Å². The van der Waals surface area contributed by atoms with E-state index in [4.69, 9.17) is 5.11 Å². The highest BCUT2D eigenvalue weighted by atomic mass is 16.3. The average molecular weight is 241 g/mol. The number of aliphatic hydroxyl groups is 1. The number of piperazine rings is 1. The maximum Gasteiger partial charge on any atom is 0.236 e. The Hall–Kier alpha value is -0.650. The average Bonchev–Trinajstić information content (AvgIpc) is 2.77. The number of hydrogen-bond donors (Lipinski definition) is 1. The van der Waals surface area contributed by atoms with Gasteiger partial charge in [-0.15, -0.1) is 0 Å². The quantitative estimate of drug-likeness (QED) is 0.694. The van der Waals surface area contributed by atoms with E-state index in [1.54, 1.807) is 0 Å². The summed E-state index contributed by atoms with van der Waals surface area (Å²) in [5.74, 6) is 0.618. The van der Waals surface area contributed by atoms with Gasteiger partial charge in [-0.3, -0.25) is 9.69 Å². The third kappa shape index (κ3) is 3.40. The van der Waals surface area contributed by atoms with Crippen LogP contribution in [0.3, 0.4) is 0 Å². The molecule has 1 N–H and O–H groups in total. The number of likely N-dealkylation sites (tertiary alicyclic amines) is 1. The van der Waals surface area contributed by atoms with Crippen LogP contribution in [0.15, 0.2) is 0 Å². The van der Waals surface area contributed by atoms with E-state index in [2.05, 4.69) is 16.8 Å². The Kier molecular flexibility index (Phi) is 4.36. The Bertz CT molecular complexity index is 264. The van der Waals surface area contributed by atoms with E-state index in [1.807, 2.05) is 4.90 Å². The van der Waals surface area contributed by atoms with Crippen LogP contribution in [-0.2, 0) is 4.79 Å². The lowest BCUT2D eigenvalue weighted by atomic mass is 10.1. The second-order valence-corrected chi connectivity index (χ2v) is 5.26. The van der Waals surface area contributed by atoms with Crippen LogP contribution >= 0.6 is 0 Å². The summed E-state index contributed by atoms with van der Waals surface area (Å²) in [6.07, 6.45) is 1.02. The van der Waals surface area contributed by atoms with Gasteiger partial charge < -0.3 is 14.9 Å². The first-order chi connectivity index (χ1) is 8.19. The predicted molar refractivity (Wildman–Crippen MR) is 65.7 cm³/mol. The third-order valence-corrected chi connectivity index (χ3v) is 3.84. The molecule has 98 valence electrons. The van der Waals surface area contributed by atoms with Crippen molar-refractivity contribution < 1.29 is 9.90 Å². The molecule has 1 atom stereocenters. The predicted octanol–water partition coefficient (Wildman–Crippen LogP) is -0.925. The molecule has 17 heavy (non-hydrogen) atoms. The van der Waals surface area contributed by atoms with Crippen molar-refractivity contribution in [3.63, 3.8) is 0 Å². The van der Waals surface area contributed by atoms with Crippen molar-refractivity contribution in [3.8, 4) is 0 Å². The summed E-state index contributed by atoms with van der Waals surface area (Å²) in [6.45, 7) is 6.26. The molecule has 0 aromatic rings. The maximum atomic E-state index is 12.1. The molecule has 2 aliphatic heterocycles. The standard InChI is InChI=1S/C12H23N3O2/c1-13-4-6-15(7-5-13)12(17)9-14-3-2-11(8-14)10-16/h11,16H,2-10H2,1H3. The molecule has 0 aliphatic carbocycles. The Labute approximate surface area is 103 Å². The van der Waals surface area contributed by atoms with Gasteiger partial charge in [0.2, 0.25) is 5.91 Å². The summed E-state index contributed by atoms with van der Waals surface area (Å²) in [6, 6.07) is 0. The molecule has 5 heteroatoms. The van der Waals surface area contributed by atoms with Crippen molar-refractivity contribution in [1.29, 1.82) is 0 Å². The van der Waals surface area contributed by atoms with E-state index >= 15 is 0 Å². The van der Waals surface area contributed by atoms with Crippen LogP contribution in [0.2, 0.25) is 0 Å². The van der Waals surface area contributed by atoms with Crippen LogP contribution in [0, 0.1) is 5.92 Å². The van der Waals surface area contributed by atoms with Crippen LogP contribution in [-0.4, -0.2) is 85.2 Å². The minimum Gasteiger partial charge on any atom is -0.396 e. The van der Waals surface area contributed by atoms with E-state index in [9.17, 15) is 4.79 Å². The number of rotatable bonds is 3. The maximum absolute atomic E-state index is 12.1. The summed E-state index contributed by atoms with van der Waals surface area (Å²) in [4.78, 5) is 18.4. The van der Waals surface area contributed by atoms with E-state index in [1.165, 1.54) is 0 Å². The summed E-state index contributed by atoms with van der Waals surface area (Å²) in [5.41, 5.74) is 0. The minimum atomic E-state index is 0.247. The lowest BCUT2D eigenvalue weighted by Crippen LogP contribution is -2.49. The van der Waals surface area contributed by atoms with Gasteiger partial charge in [0.15, 0.2) is 0 Å². The molecular weight excluding hydrogens is 218 g/mol. The van der Waals surface area contributed by atoms with Gasteiger partial charge in [0, 0.05) is 39.3 Å². The summed E-state index contributed by atoms with van der Waals surface area (Å²) in [7, 11) is 2.09. The highest BCUT2D eigenvalue weighted by Gasteiger charge is 2.26. The molecule has 2 aliphatic rings. The molecule has 0 radical (unpaired) electrons. The fraction of sp³-hybridized carbons (Fsp3) is 0.917. The minimum absolute atomic E-state index is 0.247. The van der Waals surface area contributed by atoms with Gasteiger partial charge in [-0.05, 0) is 25.9 Å². The molecule has 1 unspecified atom stereocenters. The molecule has 0 saturated carbocycles. The number of likely N-dealkylation sites (N-methyl/N-ethyl adjacent to an activating group) is 1. The van der Waals surface area contributed by atoms with Crippen molar-refractivity contribution in [2.24, 2.45) is 5.92 Å². The van der Waals surface area contributed by atoms with Crippen LogP contribution in [0.4, 0.5) is 0 Å². The SMILES string of the molecule is CN1CCN(C(=O)CN2CCC(CO)C2)CC1. The molecule has 2 fully saturated rings. The fourth-order valence-electron chi connectivity index (χ4n) is 2.55. The molecule has 5 nitrogen and oxygen atoms in total. The Morgan fingerprint density at radius 1 is 1.24 bits per heavy atom. The van der Waals surface area contributed by atoms with Gasteiger partial charge >= 0.3 is 0 Å². The first-order valence-electron chi connectivity index (χ1n) is 6.48. The Morgan fingerprint density at radius 2 is 1.94 bits per heavy atom. The van der Waals surface area contributed by atoms with Crippen molar-refractivity contribution in [2.75, 3.05) is 59.5 Å². The molecule has 0 aromatic heterocycles. The molecule has 2 heterocycles. The topological polar surface area (TPSA) is 47.0 Å². The van der Waals surface area contributed by atoms with Crippen LogP contribution in [0.25, 0.3) is 0 Å². The second-order valence-electron chi connectivity index (χ2n) is 5.26. The van der Waals surface area contributed by atoms with Gasteiger partial charge in [-0.25, -0.2) is 0 Å². The lowest BCUT2D eigenvalue weighted by Gasteiger charge is -2.33. The largest absolute Gasteiger partial charge is 0.396 e. The molecule has 0 aromatic carbocycles. The van der Waals surface area contributed by atoms with Gasteiger partial charge in [0.1, 0.15) is 0 Å². The van der Waals surface area contributed by atoms with Gasteiger partial charge in [-0.2, -0.15) is 0 Å². The van der Waals surface area contributed by atoms with Crippen LogP contribution in [0.5, 0.6) is 0 Å². The van der Waals surface area contributed by atoms with Gasteiger partial charge in [0.25, 0.3) is 0 Å². The van der Waals surface area contributed by atoms with E-state index < -0.39 is 0 Å². The van der Waals surface area contributed by atoms with Crippen molar-refractivity contribution >= 4 is 5.91 Å². The summed E-state index contributed by atoms with van der Waals surface area (Å²) < 4.78 is 0. The summed E-state index contributed by atoms with van der Waals surface area (Å²) in [5, 5.41) is 9.07. The number of amides is 1. The van der Waals surface area contributed by atoms with E-state index in [-0.39, 0.29) is 12.5 Å². The zero-order valence-corrected chi connectivity index (χ0v) is 10.6. The van der Waals surface area contributed by atoms with Gasteiger partial charge in [0.05, 0.1) is 6.54 Å². The van der Waals surface area contributed by atoms with Crippen molar-refractivity contribution in [1.82, 2.24) is 14.7 Å². The van der Waals surface area contributed by atoms with Crippen LogP contribution in [0.1, 0.15) is 6.42 Å². The first-order valence-corrected chi connectivity index (χ1v) is 6.48. The number of carbonyl (C=O) groups is 1. The Balaban J connectivity index is 1.74. The molecular formula is C12H23N3O2. The smallest absolute Gasteiger partial charge is 0.236 e. The second kappa shape index (κ2) is 5.80. The molecule has 2 rings (SSSR count). The zero-order valence-electron chi connectivity index (χ0n) is 10.6. The third-order valence-electron chi connectivity index (χ3n) is 3.84. The molecule has 1 amide bonds. The Morgan fingerprint density at radius 3 is 2.53 bits per heavy atom. The number of hydrogen-bond acceptors (Lipinski definition) is 4. The van der Waals surface area contributed by atoms with Crippen LogP contribution < -0.4 is 0 Å². The molecule has 2 saturated heterocycles. The first kappa shape index (κ1) is 12.8. The normalized spacial score (nSPS) is 27.6. The van der Waals surface area contributed by atoms with Crippen molar-refractivity contribution in [2.45, 2.75) is 6.42 Å². The lowest BCUT2D eigenvalue weighted by molar-refractivity contribution is -0.133. The highest BCUT2D eigenvalue weighted by Crippen LogP contribution is 2.15. The van der Waals surface area contributed by atoms with E-state index in [0.717, 1.165) is 45.7 Å².